The van der Waals surface area contributed by atoms with E-state index in [0.29, 0.717) is 42.7 Å². The Morgan fingerprint density at radius 1 is 0.917 bits per heavy atom. The van der Waals surface area contributed by atoms with Crippen LogP contribution in [-0.4, -0.2) is 101 Å². The quantitative estimate of drug-likeness (QED) is 0.195. The predicted molar refractivity (Wildman–Crippen MR) is 216 cm³/mol. The SMILES string of the molecule is CC(C)(C)OC(=O)Nc1sc2c(F)ccc(-c3c(C(F)(F)F)cc4c(N5CC6CCC(C5)N6C(=O)OC(C)(C)C)nc(N5CC(N6CC7(CC7)C6)C5)nc4c3F)c2c1C#N. The highest BCUT2D eigenvalue weighted by atomic mass is 32.1. The number of thiophene rings is 1. The van der Waals surface area contributed by atoms with E-state index >= 15 is 22.0 Å². The number of anilines is 3. The zero-order valence-electron chi connectivity index (χ0n) is 34.1. The summed E-state index contributed by atoms with van der Waals surface area (Å²) in [6.45, 7) is 13.8. The molecule has 2 amide bonds. The molecule has 6 heterocycles. The van der Waals surface area contributed by atoms with E-state index in [1.54, 1.807) is 46.4 Å². The molecule has 1 saturated carbocycles. The van der Waals surface area contributed by atoms with Crippen molar-refractivity contribution in [2.24, 2.45) is 5.41 Å². The van der Waals surface area contributed by atoms with Crippen molar-refractivity contribution in [3.63, 3.8) is 0 Å². The topological polar surface area (TPSA) is 127 Å². The van der Waals surface area contributed by atoms with Gasteiger partial charge in [-0.05, 0) is 90.3 Å². The third kappa shape index (κ3) is 7.10. The van der Waals surface area contributed by atoms with Crippen molar-refractivity contribution in [3.8, 4) is 17.2 Å². The number of halogens is 5. The van der Waals surface area contributed by atoms with Gasteiger partial charge < -0.3 is 19.3 Å². The van der Waals surface area contributed by atoms with Gasteiger partial charge in [-0.15, -0.1) is 11.3 Å². The van der Waals surface area contributed by atoms with Crippen LogP contribution in [-0.2, 0) is 15.7 Å². The Labute approximate surface area is 347 Å². The largest absolute Gasteiger partial charge is 0.444 e. The fraction of sp³-hybridized carbons (Fsp3) is 0.548. The van der Waals surface area contributed by atoms with Gasteiger partial charge in [-0.3, -0.25) is 15.1 Å². The minimum absolute atomic E-state index is 0.109. The zero-order valence-corrected chi connectivity index (χ0v) is 34.9. The molecule has 2 atom stereocenters. The molecule has 2 bridgehead atoms. The molecule has 0 radical (unpaired) electrons. The monoisotopic (exact) mass is 852 g/mol. The van der Waals surface area contributed by atoms with Gasteiger partial charge in [0.25, 0.3) is 0 Å². The summed E-state index contributed by atoms with van der Waals surface area (Å²) in [6.07, 6.45) is -2.84. The summed E-state index contributed by atoms with van der Waals surface area (Å²) in [5.41, 5.74) is -4.64. The number of ether oxygens (including phenoxy) is 2. The minimum Gasteiger partial charge on any atom is -0.444 e. The van der Waals surface area contributed by atoms with E-state index < -0.39 is 57.9 Å². The molecule has 9 rings (SSSR count). The van der Waals surface area contributed by atoms with Crippen LogP contribution in [0.2, 0.25) is 0 Å². The van der Waals surface area contributed by atoms with Gasteiger partial charge in [0.2, 0.25) is 5.95 Å². The number of aromatic nitrogens is 2. The van der Waals surface area contributed by atoms with Crippen LogP contribution in [0.25, 0.3) is 32.1 Å². The van der Waals surface area contributed by atoms with E-state index in [-0.39, 0.29) is 74.5 Å². The number of hydrogen-bond donors (Lipinski definition) is 1. The summed E-state index contributed by atoms with van der Waals surface area (Å²) in [4.78, 5) is 43.4. The predicted octanol–water partition coefficient (Wildman–Crippen LogP) is 8.90. The highest BCUT2D eigenvalue weighted by Gasteiger charge is 2.55. The number of nitriles is 1. The molecule has 5 fully saturated rings. The maximum atomic E-state index is 17.6. The summed E-state index contributed by atoms with van der Waals surface area (Å²) in [5, 5.41) is 12.1. The second-order valence-electron chi connectivity index (χ2n) is 18.8. The van der Waals surface area contributed by atoms with Gasteiger partial charge in [0.05, 0.1) is 27.9 Å². The van der Waals surface area contributed by atoms with E-state index in [9.17, 15) is 14.9 Å². The lowest BCUT2D eigenvalue weighted by molar-refractivity contribution is -0.137. The normalized spacial score (nSPS) is 21.6. The number of carbonyl (C=O) groups is 2. The summed E-state index contributed by atoms with van der Waals surface area (Å²) in [7, 11) is 0. The fourth-order valence-electron chi connectivity index (χ4n) is 9.14. The molecule has 2 aromatic heterocycles. The molecule has 1 aliphatic carbocycles. The Bertz CT molecular complexity index is 2480. The summed E-state index contributed by atoms with van der Waals surface area (Å²) < 4.78 is 90.1. The molecular formula is C42H45F5N8O4S. The summed E-state index contributed by atoms with van der Waals surface area (Å²) >= 11 is 0.630. The number of hydrogen-bond acceptors (Lipinski definition) is 11. The highest BCUT2D eigenvalue weighted by molar-refractivity contribution is 7.23. The lowest BCUT2D eigenvalue weighted by atomic mass is 9.92. The molecule has 4 saturated heterocycles. The molecule has 2 aromatic carbocycles. The number of fused-ring (bicyclic) bond motifs is 4. The van der Waals surface area contributed by atoms with E-state index in [2.05, 4.69) is 15.2 Å². The van der Waals surface area contributed by atoms with Crippen LogP contribution in [0, 0.1) is 28.4 Å². The van der Waals surface area contributed by atoms with Gasteiger partial charge in [-0.2, -0.15) is 23.4 Å². The molecule has 1 spiro atoms. The van der Waals surface area contributed by atoms with Crippen LogP contribution < -0.4 is 15.1 Å². The Morgan fingerprint density at radius 2 is 1.55 bits per heavy atom. The van der Waals surface area contributed by atoms with Crippen LogP contribution in [0.4, 0.5) is 48.3 Å². The van der Waals surface area contributed by atoms with Gasteiger partial charge in [0, 0.05) is 61.6 Å². The minimum atomic E-state index is -5.14. The van der Waals surface area contributed by atoms with E-state index in [1.807, 2.05) is 15.9 Å². The molecular weight excluding hydrogens is 808 g/mol. The molecule has 18 heteroatoms. The number of benzene rings is 2. The molecule has 4 aliphatic heterocycles. The smallest absolute Gasteiger partial charge is 0.417 e. The van der Waals surface area contributed by atoms with Gasteiger partial charge >= 0.3 is 18.4 Å². The van der Waals surface area contributed by atoms with E-state index in [0.717, 1.165) is 31.3 Å². The molecule has 5 aliphatic rings. The van der Waals surface area contributed by atoms with Crippen LogP contribution >= 0.6 is 11.3 Å². The maximum absolute atomic E-state index is 17.6. The number of amides is 2. The Morgan fingerprint density at radius 3 is 2.13 bits per heavy atom. The van der Waals surface area contributed by atoms with Crippen molar-refractivity contribution in [3.05, 3.63) is 41.0 Å². The first kappa shape index (κ1) is 40.4. The molecule has 60 heavy (non-hydrogen) atoms. The molecule has 4 aromatic rings. The number of carbonyl (C=O) groups excluding carboxylic acids is 2. The number of nitrogens with one attached hydrogen (secondary N) is 1. The van der Waals surface area contributed by atoms with Gasteiger partial charge in [-0.1, -0.05) is 6.07 Å². The fourth-order valence-corrected chi connectivity index (χ4v) is 10.2. The van der Waals surface area contributed by atoms with Crippen LogP contribution in [0.5, 0.6) is 0 Å². The van der Waals surface area contributed by atoms with Crippen molar-refractivity contribution >= 4 is 61.3 Å². The van der Waals surface area contributed by atoms with Crippen LogP contribution in [0.15, 0.2) is 18.2 Å². The maximum Gasteiger partial charge on any atom is 0.417 e. The lowest BCUT2D eigenvalue weighted by Crippen LogP contribution is -2.66. The van der Waals surface area contributed by atoms with Gasteiger partial charge in [0.15, 0.2) is 5.82 Å². The van der Waals surface area contributed by atoms with Crippen LogP contribution in [0.1, 0.15) is 78.4 Å². The van der Waals surface area contributed by atoms with Crippen molar-refractivity contribution in [1.82, 2.24) is 19.8 Å². The third-order valence-corrected chi connectivity index (χ3v) is 13.2. The van der Waals surface area contributed by atoms with Crippen molar-refractivity contribution in [2.75, 3.05) is 54.4 Å². The first-order valence-electron chi connectivity index (χ1n) is 20.1. The molecule has 12 nitrogen and oxygen atoms in total. The molecule has 318 valence electrons. The first-order chi connectivity index (χ1) is 28.1. The third-order valence-electron chi connectivity index (χ3n) is 12.1. The van der Waals surface area contributed by atoms with E-state index in [1.165, 1.54) is 12.8 Å². The Kier molecular flexibility index (Phi) is 9.25. The zero-order chi connectivity index (χ0) is 42.8. The Hall–Kier alpha value is -5.02. The van der Waals surface area contributed by atoms with Crippen molar-refractivity contribution in [1.29, 1.82) is 5.26 Å². The van der Waals surface area contributed by atoms with Crippen LogP contribution in [0.3, 0.4) is 0 Å². The summed E-state index contributed by atoms with van der Waals surface area (Å²) in [6, 6.07) is 4.22. The number of piperazine rings is 1. The Balaban J connectivity index is 1.18. The van der Waals surface area contributed by atoms with E-state index in [4.69, 9.17) is 14.5 Å². The number of alkyl halides is 3. The number of rotatable bonds is 5. The lowest BCUT2D eigenvalue weighted by Gasteiger charge is -2.52. The first-order valence-corrected chi connectivity index (χ1v) is 21.0. The highest BCUT2D eigenvalue weighted by Crippen LogP contribution is 2.54. The second kappa shape index (κ2) is 13.7. The van der Waals surface area contributed by atoms with Crippen molar-refractivity contribution < 1.29 is 41.0 Å². The van der Waals surface area contributed by atoms with Gasteiger partial charge in [-0.25, -0.2) is 23.4 Å². The standard InChI is InChI=1S/C42H45F5N8O4S/c1-39(2,3)58-37(56)51-35-26(14-48)29-24(9-10-28(43)33(29)60-35)30-27(42(45,46)47)13-25-32(31(30)44)49-36(53-17-23(18-53)54-19-41(20-54)11-12-41)50-34(25)52-15-21-7-8-22(16-52)55(21)38(57)59-40(4,5)6/h9-10,13,21-23H,7-8,11-12,15-20H2,1-6H3,(H,51,56). The summed E-state index contributed by atoms with van der Waals surface area (Å²) in [5.74, 6) is -1.93. The average molecular weight is 853 g/mol. The van der Waals surface area contributed by atoms with Gasteiger partial charge in [0.1, 0.15) is 39.4 Å². The molecule has 1 N–H and O–H groups in total. The number of likely N-dealkylation sites (tertiary alicyclic amines) is 1. The van der Waals surface area contributed by atoms with Crippen molar-refractivity contribution in [2.45, 2.75) is 103 Å². The average Bonchev–Trinajstić information content (AvgIpc) is 3.75. The second-order valence-corrected chi connectivity index (χ2v) is 19.9. The number of nitrogens with zero attached hydrogens (tertiary/aromatic N) is 7. The molecule has 2 unspecified atom stereocenters.